The van der Waals surface area contributed by atoms with Crippen molar-refractivity contribution in [3.63, 3.8) is 0 Å². The molecule has 0 fully saturated rings. The molecule has 8 aromatic rings. The summed E-state index contributed by atoms with van der Waals surface area (Å²) in [6, 6.07) is 37.4. The Morgan fingerprint density at radius 1 is 0.581 bits per heavy atom. The molecular weight excluding hydrogens is 528 g/mol. The van der Waals surface area contributed by atoms with Gasteiger partial charge in [-0.15, -0.1) is 0 Å². The SMILES string of the molecule is Cc1ccc2ccc3c(-c4cccc(-c5nc(-c6ccccc6)c6oc7ccccc7c6n5)c4)cc(C(C)C)nc3c2n1. The first-order chi connectivity index (χ1) is 21.0. The van der Waals surface area contributed by atoms with Gasteiger partial charge in [0.15, 0.2) is 11.4 Å². The Bertz CT molecular complexity index is 2340. The maximum absolute atomic E-state index is 6.31. The van der Waals surface area contributed by atoms with Crippen molar-refractivity contribution in [2.24, 2.45) is 0 Å². The van der Waals surface area contributed by atoms with Crippen LogP contribution < -0.4 is 0 Å². The largest absolute Gasteiger partial charge is 0.452 e. The van der Waals surface area contributed by atoms with Crippen LogP contribution in [-0.2, 0) is 0 Å². The monoisotopic (exact) mass is 556 g/mol. The molecule has 0 bridgehead atoms. The van der Waals surface area contributed by atoms with E-state index in [1.54, 1.807) is 0 Å². The third-order valence-electron chi connectivity index (χ3n) is 8.09. The highest BCUT2D eigenvalue weighted by molar-refractivity contribution is 6.09. The van der Waals surface area contributed by atoms with Gasteiger partial charge in [0.2, 0.25) is 0 Å². The Hall–Kier alpha value is -5.42. The lowest BCUT2D eigenvalue weighted by atomic mass is 9.95. The lowest BCUT2D eigenvalue weighted by Gasteiger charge is -2.14. The number of hydrogen-bond acceptors (Lipinski definition) is 5. The quantitative estimate of drug-likeness (QED) is 0.202. The highest BCUT2D eigenvalue weighted by atomic mass is 16.3. The van der Waals surface area contributed by atoms with Crippen molar-refractivity contribution in [1.29, 1.82) is 0 Å². The first-order valence-corrected chi connectivity index (χ1v) is 14.6. The van der Waals surface area contributed by atoms with Gasteiger partial charge in [0, 0.05) is 38.7 Å². The Balaban J connectivity index is 1.37. The third kappa shape index (κ3) is 4.24. The zero-order valence-corrected chi connectivity index (χ0v) is 24.2. The minimum atomic E-state index is 0.264. The van der Waals surface area contributed by atoms with Crippen molar-refractivity contribution < 1.29 is 4.42 Å². The van der Waals surface area contributed by atoms with Gasteiger partial charge in [0.05, 0.1) is 11.0 Å². The fourth-order valence-electron chi connectivity index (χ4n) is 5.86. The molecule has 4 aromatic heterocycles. The van der Waals surface area contributed by atoms with E-state index in [0.717, 1.165) is 77.6 Å². The molecule has 0 spiro atoms. The summed E-state index contributed by atoms with van der Waals surface area (Å²) in [5.74, 6) is 0.921. The van der Waals surface area contributed by atoms with Crippen LogP contribution in [0.3, 0.4) is 0 Å². The van der Waals surface area contributed by atoms with Gasteiger partial charge in [0.1, 0.15) is 16.8 Å². The van der Waals surface area contributed by atoms with Crippen LogP contribution in [0.2, 0.25) is 0 Å². The highest BCUT2D eigenvalue weighted by Gasteiger charge is 2.19. The van der Waals surface area contributed by atoms with Crippen molar-refractivity contribution in [2.45, 2.75) is 26.7 Å². The van der Waals surface area contributed by atoms with Crippen molar-refractivity contribution in [2.75, 3.05) is 0 Å². The van der Waals surface area contributed by atoms with E-state index in [2.05, 4.69) is 86.6 Å². The van der Waals surface area contributed by atoms with Gasteiger partial charge in [-0.1, -0.05) is 92.7 Å². The van der Waals surface area contributed by atoms with E-state index < -0.39 is 0 Å². The second-order valence-corrected chi connectivity index (χ2v) is 11.4. The van der Waals surface area contributed by atoms with E-state index in [4.69, 9.17) is 24.4 Å². The molecule has 0 saturated heterocycles. The predicted molar refractivity (Wildman–Crippen MR) is 175 cm³/mol. The zero-order chi connectivity index (χ0) is 29.1. The Labute approximate surface area is 248 Å². The van der Waals surface area contributed by atoms with Crippen LogP contribution in [-0.4, -0.2) is 19.9 Å². The molecule has 4 heterocycles. The summed E-state index contributed by atoms with van der Waals surface area (Å²) in [5, 5.41) is 3.15. The molecule has 0 aliphatic heterocycles. The molecule has 0 unspecified atom stereocenters. The third-order valence-corrected chi connectivity index (χ3v) is 8.09. The van der Waals surface area contributed by atoms with Gasteiger partial charge in [-0.05, 0) is 54.3 Å². The van der Waals surface area contributed by atoms with Gasteiger partial charge in [-0.2, -0.15) is 0 Å². The molecule has 43 heavy (non-hydrogen) atoms. The lowest BCUT2D eigenvalue weighted by Crippen LogP contribution is -1.98. The maximum Gasteiger partial charge on any atom is 0.180 e. The number of benzene rings is 4. The van der Waals surface area contributed by atoms with Crippen LogP contribution in [0.25, 0.3) is 77.6 Å². The highest BCUT2D eigenvalue weighted by Crippen LogP contribution is 2.38. The number of para-hydroxylation sites is 1. The van der Waals surface area contributed by atoms with Gasteiger partial charge in [-0.3, -0.25) is 9.97 Å². The summed E-state index contributed by atoms with van der Waals surface area (Å²) in [7, 11) is 0. The fraction of sp³-hybridized carbons (Fsp3) is 0.105. The van der Waals surface area contributed by atoms with Crippen molar-refractivity contribution in [3.8, 4) is 33.8 Å². The van der Waals surface area contributed by atoms with Gasteiger partial charge in [-0.25, -0.2) is 9.97 Å². The number of pyridine rings is 2. The first-order valence-electron chi connectivity index (χ1n) is 14.6. The standard InChI is InChI=1S/C38H28N4O/c1-22(2)31-21-30(28-19-18-25-17-16-23(3)39-33(25)35(28)40-31)26-12-9-13-27(20-26)38-41-34(24-10-5-4-6-11-24)37-36(42-38)29-14-7-8-15-32(29)43-37/h4-22H,1-3H3. The predicted octanol–water partition coefficient (Wildman–Crippen LogP) is 9.91. The second-order valence-electron chi connectivity index (χ2n) is 11.4. The fourth-order valence-corrected chi connectivity index (χ4v) is 5.86. The molecule has 0 N–H and O–H groups in total. The van der Waals surface area contributed by atoms with E-state index in [0.29, 0.717) is 11.4 Å². The molecule has 0 amide bonds. The zero-order valence-electron chi connectivity index (χ0n) is 24.2. The van der Waals surface area contributed by atoms with Crippen LogP contribution >= 0.6 is 0 Å². The lowest BCUT2D eigenvalue weighted by molar-refractivity contribution is 0.667. The number of fused-ring (bicyclic) bond motifs is 6. The minimum Gasteiger partial charge on any atom is -0.452 e. The maximum atomic E-state index is 6.31. The number of aromatic nitrogens is 4. The summed E-state index contributed by atoms with van der Waals surface area (Å²) in [6.45, 7) is 6.39. The summed E-state index contributed by atoms with van der Waals surface area (Å²) in [6.07, 6.45) is 0. The molecule has 8 rings (SSSR count). The van der Waals surface area contributed by atoms with E-state index in [-0.39, 0.29) is 5.92 Å². The van der Waals surface area contributed by atoms with Crippen molar-refractivity contribution in [1.82, 2.24) is 19.9 Å². The van der Waals surface area contributed by atoms with Crippen LogP contribution in [0.1, 0.15) is 31.2 Å². The molecule has 0 saturated carbocycles. The number of aryl methyl sites for hydroxylation is 1. The average Bonchev–Trinajstić information content (AvgIpc) is 3.43. The van der Waals surface area contributed by atoms with Crippen molar-refractivity contribution >= 4 is 43.9 Å². The Morgan fingerprint density at radius 3 is 2.21 bits per heavy atom. The Morgan fingerprint density at radius 2 is 1.35 bits per heavy atom. The smallest absolute Gasteiger partial charge is 0.180 e. The second kappa shape index (κ2) is 9.85. The number of rotatable bonds is 4. The van der Waals surface area contributed by atoms with Crippen LogP contribution in [0, 0.1) is 6.92 Å². The summed E-state index contributed by atoms with van der Waals surface area (Å²) in [5.41, 5.74) is 11.1. The molecule has 0 radical (unpaired) electrons. The van der Waals surface area contributed by atoms with E-state index in [9.17, 15) is 0 Å². The molecular formula is C38H28N4O. The summed E-state index contributed by atoms with van der Waals surface area (Å²) in [4.78, 5) is 20.2. The molecule has 0 atom stereocenters. The molecule has 0 aliphatic carbocycles. The van der Waals surface area contributed by atoms with E-state index >= 15 is 0 Å². The number of hydrogen-bond donors (Lipinski definition) is 0. The topological polar surface area (TPSA) is 64.7 Å². The van der Waals surface area contributed by atoms with E-state index in [1.165, 1.54) is 0 Å². The normalized spacial score (nSPS) is 11.8. The van der Waals surface area contributed by atoms with Crippen LogP contribution in [0.5, 0.6) is 0 Å². The molecule has 5 heteroatoms. The van der Waals surface area contributed by atoms with Crippen LogP contribution in [0.15, 0.2) is 114 Å². The summed E-state index contributed by atoms with van der Waals surface area (Å²) >= 11 is 0. The van der Waals surface area contributed by atoms with Crippen LogP contribution in [0.4, 0.5) is 0 Å². The van der Waals surface area contributed by atoms with Crippen molar-refractivity contribution in [3.05, 3.63) is 121 Å². The molecule has 5 nitrogen and oxygen atoms in total. The number of nitrogens with zero attached hydrogens (tertiary/aromatic N) is 4. The summed E-state index contributed by atoms with van der Waals surface area (Å²) < 4.78 is 6.31. The Kier molecular flexibility index (Phi) is 5.79. The first kappa shape index (κ1) is 25.3. The van der Waals surface area contributed by atoms with Gasteiger partial charge in [0.25, 0.3) is 0 Å². The minimum absolute atomic E-state index is 0.264. The molecule has 0 aliphatic rings. The average molecular weight is 557 g/mol. The molecule has 206 valence electrons. The van der Waals surface area contributed by atoms with E-state index in [1.807, 2.05) is 43.3 Å². The van der Waals surface area contributed by atoms with Gasteiger partial charge >= 0.3 is 0 Å². The van der Waals surface area contributed by atoms with Gasteiger partial charge < -0.3 is 4.42 Å². The molecule has 4 aromatic carbocycles. The number of furan rings is 1.